The second kappa shape index (κ2) is 16.1. The van der Waals surface area contributed by atoms with Gasteiger partial charge < -0.3 is 14.8 Å². The van der Waals surface area contributed by atoms with E-state index in [2.05, 4.69) is 38.2 Å². The molecule has 0 fully saturated rings. The van der Waals surface area contributed by atoms with Gasteiger partial charge in [0, 0.05) is 23.2 Å². The van der Waals surface area contributed by atoms with E-state index in [4.69, 9.17) is 9.47 Å². The highest BCUT2D eigenvalue weighted by atomic mass is 16.5. The van der Waals surface area contributed by atoms with Crippen LogP contribution in [-0.2, 0) is 5.41 Å². The number of hydrogen-bond acceptors (Lipinski definition) is 6. The van der Waals surface area contributed by atoms with Crippen LogP contribution in [-0.4, -0.2) is 29.5 Å². The van der Waals surface area contributed by atoms with Crippen molar-refractivity contribution in [3.05, 3.63) is 137 Å². The number of imide groups is 1. The van der Waals surface area contributed by atoms with Crippen LogP contribution in [0.1, 0.15) is 121 Å². The minimum absolute atomic E-state index is 0.0741. The molecule has 0 bridgehead atoms. The highest BCUT2D eigenvalue weighted by Crippen LogP contribution is 2.37. The van der Waals surface area contributed by atoms with E-state index in [-0.39, 0.29) is 33.6 Å². The summed E-state index contributed by atoms with van der Waals surface area (Å²) in [5.74, 6) is 1.07. The maximum atomic E-state index is 13.9. The summed E-state index contributed by atoms with van der Waals surface area (Å²) >= 11 is 0. The lowest BCUT2D eigenvalue weighted by atomic mass is 9.76. The number of anilines is 1. The molecule has 1 aliphatic heterocycles. The number of hydrogen-bond donors (Lipinski definition) is 1. The number of fused-ring (bicyclic) bond motifs is 1. The normalized spacial score (nSPS) is 13.6. The Morgan fingerprint density at radius 3 is 1.89 bits per heavy atom. The van der Waals surface area contributed by atoms with Crippen LogP contribution in [0.2, 0.25) is 0 Å². The van der Waals surface area contributed by atoms with E-state index in [1.807, 2.05) is 51.1 Å². The molecular formula is C47H48N2O6. The van der Waals surface area contributed by atoms with Crippen molar-refractivity contribution < 1.29 is 28.7 Å². The van der Waals surface area contributed by atoms with Crippen LogP contribution < -0.4 is 19.7 Å². The Morgan fingerprint density at radius 2 is 1.25 bits per heavy atom. The lowest BCUT2D eigenvalue weighted by molar-refractivity contribution is 0.0893. The molecule has 1 heterocycles. The molecule has 1 atom stereocenters. The van der Waals surface area contributed by atoms with Crippen LogP contribution in [0.5, 0.6) is 23.0 Å². The second-order valence-electron chi connectivity index (χ2n) is 14.7. The van der Waals surface area contributed by atoms with Crippen LogP contribution in [0, 0.1) is 0 Å². The fraction of sp³-hybridized carbons (Fsp3) is 0.277. The molecule has 1 unspecified atom stereocenters. The summed E-state index contributed by atoms with van der Waals surface area (Å²) in [4.78, 5) is 53.9. The number of amides is 3. The summed E-state index contributed by atoms with van der Waals surface area (Å²) in [6.45, 7) is 12.7. The Morgan fingerprint density at radius 1 is 0.673 bits per heavy atom. The van der Waals surface area contributed by atoms with Gasteiger partial charge in [-0.25, -0.2) is 4.90 Å². The summed E-state index contributed by atoms with van der Waals surface area (Å²) in [7, 11) is 0. The van der Waals surface area contributed by atoms with Gasteiger partial charge in [-0.05, 0) is 109 Å². The molecule has 0 aliphatic carbocycles. The van der Waals surface area contributed by atoms with Crippen LogP contribution in [0.4, 0.5) is 5.69 Å². The van der Waals surface area contributed by atoms with E-state index in [1.165, 1.54) is 5.56 Å². The van der Waals surface area contributed by atoms with Gasteiger partial charge in [-0.1, -0.05) is 83.5 Å². The van der Waals surface area contributed by atoms with Crippen molar-refractivity contribution in [3.63, 3.8) is 0 Å². The van der Waals surface area contributed by atoms with Gasteiger partial charge in [0.1, 0.15) is 23.0 Å². The van der Waals surface area contributed by atoms with Gasteiger partial charge in [0.15, 0.2) is 6.29 Å². The van der Waals surface area contributed by atoms with Gasteiger partial charge in [0.25, 0.3) is 17.7 Å². The van der Waals surface area contributed by atoms with Gasteiger partial charge >= 0.3 is 0 Å². The lowest BCUT2D eigenvalue weighted by Gasteiger charge is -2.29. The molecule has 0 radical (unpaired) electrons. The number of nitrogens with zero attached hydrogens (tertiary/aromatic N) is 1. The third-order valence-corrected chi connectivity index (χ3v) is 11.1. The molecule has 0 saturated heterocycles. The average Bonchev–Trinajstić information content (AvgIpc) is 3.45. The number of aldehydes is 1. The number of carbonyl (C=O) groups excluding carboxylic acids is 4. The standard InChI is InChI=1S/C47H48N2O6/c1-7-24-46(5,8-2)34-14-11-16-36(27-34)54-38-18-13-19-39(29-38)55-37-17-12-15-35(28-37)49-44(52)40-23-22-32(26-42(40)45(49)53)31-20-21-33(30-50)41(25-31)43(51)48-47(6,9-3)10-4/h11-23,25-30H,7-10,24H2,1-6H3,(H,48,51). The van der Waals surface area contributed by atoms with E-state index >= 15 is 0 Å². The van der Waals surface area contributed by atoms with E-state index in [0.717, 1.165) is 42.8 Å². The third-order valence-electron chi connectivity index (χ3n) is 11.1. The molecule has 6 rings (SSSR count). The van der Waals surface area contributed by atoms with E-state index < -0.39 is 17.4 Å². The molecule has 3 amide bonds. The van der Waals surface area contributed by atoms with Crippen molar-refractivity contribution >= 4 is 29.7 Å². The van der Waals surface area contributed by atoms with Crippen LogP contribution in [0.25, 0.3) is 11.1 Å². The summed E-state index contributed by atoms with van der Waals surface area (Å²) in [6, 6.07) is 32.4. The molecule has 5 aromatic carbocycles. The summed E-state index contributed by atoms with van der Waals surface area (Å²) < 4.78 is 12.5. The lowest BCUT2D eigenvalue weighted by Crippen LogP contribution is -2.45. The molecule has 0 aromatic heterocycles. The first-order valence-corrected chi connectivity index (χ1v) is 19.1. The maximum Gasteiger partial charge on any atom is 0.266 e. The number of rotatable bonds is 15. The molecule has 5 aromatic rings. The number of nitrogens with one attached hydrogen (secondary N) is 1. The van der Waals surface area contributed by atoms with Gasteiger partial charge in [-0.2, -0.15) is 0 Å². The van der Waals surface area contributed by atoms with Crippen molar-refractivity contribution in [3.8, 4) is 34.1 Å². The summed E-state index contributed by atoms with van der Waals surface area (Å²) in [5, 5.41) is 3.06. The molecular weight excluding hydrogens is 689 g/mol. The quantitative estimate of drug-likeness (QED) is 0.0848. The summed E-state index contributed by atoms with van der Waals surface area (Å²) in [6.07, 6.45) is 5.35. The molecule has 8 heteroatoms. The van der Waals surface area contributed by atoms with Gasteiger partial charge in [0.05, 0.1) is 22.4 Å². The molecule has 55 heavy (non-hydrogen) atoms. The second-order valence-corrected chi connectivity index (χ2v) is 14.7. The van der Waals surface area contributed by atoms with Gasteiger partial charge in [-0.3, -0.25) is 19.2 Å². The molecule has 282 valence electrons. The minimum Gasteiger partial charge on any atom is -0.457 e. The van der Waals surface area contributed by atoms with E-state index in [1.54, 1.807) is 66.7 Å². The largest absolute Gasteiger partial charge is 0.457 e. The first-order chi connectivity index (χ1) is 26.4. The van der Waals surface area contributed by atoms with Crippen LogP contribution in [0.15, 0.2) is 109 Å². The fourth-order valence-corrected chi connectivity index (χ4v) is 7.03. The Balaban J connectivity index is 1.20. The topological polar surface area (TPSA) is 102 Å². The number of ether oxygens (including phenoxy) is 2. The van der Waals surface area contributed by atoms with Crippen molar-refractivity contribution in [1.29, 1.82) is 0 Å². The smallest absolute Gasteiger partial charge is 0.266 e. The molecule has 0 saturated carbocycles. The Labute approximate surface area is 323 Å². The predicted octanol–water partition coefficient (Wildman–Crippen LogP) is 11.3. The Hall–Kier alpha value is -6.02. The maximum absolute atomic E-state index is 13.9. The van der Waals surface area contributed by atoms with Crippen LogP contribution in [0.3, 0.4) is 0 Å². The van der Waals surface area contributed by atoms with Gasteiger partial charge in [0.2, 0.25) is 0 Å². The Bertz CT molecular complexity index is 2260. The monoisotopic (exact) mass is 736 g/mol. The third kappa shape index (κ3) is 8.09. The zero-order chi connectivity index (χ0) is 39.3. The molecule has 1 N–H and O–H groups in total. The first kappa shape index (κ1) is 38.7. The van der Waals surface area contributed by atoms with Crippen LogP contribution >= 0.6 is 0 Å². The van der Waals surface area contributed by atoms with E-state index in [0.29, 0.717) is 40.3 Å². The highest BCUT2D eigenvalue weighted by Gasteiger charge is 2.37. The highest BCUT2D eigenvalue weighted by molar-refractivity contribution is 6.34. The molecule has 0 spiro atoms. The number of carbonyl (C=O) groups is 4. The molecule has 1 aliphatic rings. The van der Waals surface area contributed by atoms with Gasteiger partial charge in [-0.15, -0.1) is 0 Å². The fourth-order valence-electron chi connectivity index (χ4n) is 7.03. The first-order valence-electron chi connectivity index (χ1n) is 19.1. The SMILES string of the molecule is CCCC(C)(CC)c1cccc(Oc2cccc(Oc3cccc(N4C(=O)c5ccc(-c6ccc(C=O)c(C(=O)NC(C)(CC)CC)c6)cc5C4=O)c3)c2)c1. The predicted molar refractivity (Wildman–Crippen MR) is 217 cm³/mol. The molecule has 8 nitrogen and oxygen atoms in total. The number of benzene rings is 5. The zero-order valence-corrected chi connectivity index (χ0v) is 32.4. The minimum atomic E-state index is -0.473. The van der Waals surface area contributed by atoms with Crippen molar-refractivity contribution in [2.45, 2.75) is 84.6 Å². The van der Waals surface area contributed by atoms with Crippen molar-refractivity contribution in [1.82, 2.24) is 5.32 Å². The zero-order valence-electron chi connectivity index (χ0n) is 32.4. The van der Waals surface area contributed by atoms with Crippen molar-refractivity contribution in [2.75, 3.05) is 4.90 Å². The van der Waals surface area contributed by atoms with E-state index in [9.17, 15) is 19.2 Å². The Kier molecular flexibility index (Phi) is 11.4. The average molecular weight is 737 g/mol. The summed E-state index contributed by atoms with van der Waals surface area (Å²) in [5.41, 5.74) is 3.56. The van der Waals surface area contributed by atoms with Crippen molar-refractivity contribution in [2.24, 2.45) is 0 Å².